The molecule has 1 aliphatic rings. The van der Waals surface area contributed by atoms with Crippen molar-refractivity contribution in [3.8, 4) is 0 Å². The number of aromatic nitrogens is 3. The van der Waals surface area contributed by atoms with Gasteiger partial charge in [-0.3, -0.25) is 4.79 Å². The molecule has 1 aliphatic heterocycles. The van der Waals surface area contributed by atoms with Crippen LogP contribution in [0.1, 0.15) is 44.0 Å². The third-order valence-electron chi connectivity index (χ3n) is 4.27. The number of carbonyl (C=O) groups is 1. The maximum absolute atomic E-state index is 11.5. The number of aryl methyl sites for hydroxylation is 2. The van der Waals surface area contributed by atoms with Crippen molar-refractivity contribution in [3.05, 3.63) is 11.4 Å². The second kappa shape index (κ2) is 5.73. The third kappa shape index (κ3) is 2.73. The Labute approximate surface area is 119 Å². The maximum atomic E-state index is 11.5. The zero-order chi connectivity index (χ0) is 14.8. The van der Waals surface area contributed by atoms with Gasteiger partial charge in [-0.05, 0) is 33.1 Å². The molecule has 0 amide bonds. The van der Waals surface area contributed by atoms with Gasteiger partial charge in [-0.1, -0.05) is 13.3 Å². The van der Waals surface area contributed by atoms with Crippen molar-refractivity contribution in [2.45, 2.75) is 46.5 Å². The lowest BCUT2D eigenvalue weighted by molar-refractivity contribution is -0.150. The summed E-state index contributed by atoms with van der Waals surface area (Å²) in [5, 5.41) is 17.7. The second-order valence-corrected chi connectivity index (χ2v) is 5.61. The molecule has 0 spiro atoms. The summed E-state index contributed by atoms with van der Waals surface area (Å²) in [6.45, 7) is 7.18. The first-order valence-electron chi connectivity index (χ1n) is 7.15. The smallest absolute Gasteiger partial charge is 0.309 e. The highest BCUT2D eigenvalue weighted by molar-refractivity contribution is 5.75. The Balaban J connectivity index is 2.10. The van der Waals surface area contributed by atoms with Crippen LogP contribution in [0, 0.1) is 19.3 Å². The summed E-state index contributed by atoms with van der Waals surface area (Å²) < 4.78 is 0. The van der Waals surface area contributed by atoms with Gasteiger partial charge in [0.1, 0.15) is 0 Å². The predicted octanol–water partition coefficient (Wildman–Crippen LogP) is 1.96. The molecule has 1 aromatic rings. The van der Waals surface area contributed by atoms with Crippen molar-refractivity contribution in [1.82, 2.24) is 15.2 Å². The van der Waals surface area contributed by atoms with Crippen molar-refractivity contribution in [2.75, 3.05) is 18.0 Å². The number of nitrogens with zero attached hydrogens (tertiary/aromatic N) is 4. The van der Waals surface area contributed by atoms with E-state index in [9.17, 15) is 9.90 Å². The van der Waals surface area contributed by atoms with Crippen LogP contribution in [0.15, 0.2) is 0 Å². The SMILES string of the molecule is CCCC1(C(=O)O)CCN(c2nnc(C)c(C)n2)CC1. The molecular weight excluding hydrogens is 256 g/mol. The van der Waals surface area contributed by atoms with Crippen LogP contribution in [0.2, 0.25) is 0 Å². The highest BCUT2D eigenvalue weighted by Crippen LogP contribution is 2.37. The number of hydrogen-bond donors (Lipinski definition) is 1. The first-order chi connectivity index (χ1) is 9.48. The molecule has 1 N–H and O–H groups in total. The number of anilines is 1. The molecule has 0 aromatic carbocycles. The maximum Gasteiger partial charge on any atom is 0.309 e. The minimum atomic E-state index is -0.668. The summed E-state index contributed by atoms with van der Waals surface area (Å²) in [6, 6.07) is 0. The van der Waals surface area contributed by atoms with Gasteiger partial charge in [-0.2, -0.15) is 5.10 Å². The van der Waals surface area contributed by atoms with Gasteiger partial charge in [-0.25, -0.2) is 4.98 Å². The summed E-state index contributed by atoms with van der Waals surface area (Å²) in [7, 11) is 0. The van der Waals surface area contributed by atoms with Crippen LogP contribution in [0.25, 0.3) is 0 Å². The number of piperidine rings is 1. The van der Waals surface area contributed by atoms with Crippen LogP contribution in [-0.4, -0.2) is 39.3 Å². The summed E-state index contributed by atoms with van der Waals surface area (Å²) in [5.41, 5.74) is 1.13. The van der Waals surface area contributed by atoms with Crippen molar-refractivity contribution in [3.63, 3.8) is 0 Å². The molecule has 110 valence electrons. The van der Waals surface area contributed by atoms with Gasteiger partial charge in [0, 0.05) is 13.1 Å². The molecular formula is C14H22N4O2. The van der Waals surface area contributed by atoms with E-state index in [1.54, 1.807) is 0 Å². The Morgan fingerprint density at radius 2 is 1.90 bits per heavy atom. The van der Waals surface area contributed by atoms with E-state index in [-0.39, 0.29) is 0 Å². The first kappa shape index (κ1) is 14.7. The number of rotatable bonds is 4. The van der Waals surface area contributed by atoms with E-state index in [0.29, 0.717) is 31.9 Å². The van der Waals surface area contributed by atoms with Gasteiger partial charge in [0.15, 0.2) is 0 Å². The van der Waals surface area contributed by atoms with Crippen LogP contribution in [0.3, 0.4) is 0 Å². The van der Waals surface area contributed by atoms with Crippen molar-refractivity contribution >= 4 is 11.9 Å². The Bertz CT molecular complexity index is 496. The zero-order valence-electron chi connectivity index (χ0n) is 12.4. The van der Waals surface area contributed by atoms with Gasteiger partial charge < -0.3 is 10.0 Å². The molecule has 6 heteroatoms. The van der Waals surface area contributed by atoms with Crippen LogP contribution in [0.4, 0.5) is 5.95 Å². The van der Waals surface area contributed by atoms with Crippen molar-refractivity contribution in [1.29, 1.82) is 0 Å². The highest BCUT2D eigenvalue weighted by atomic mass is 16.4. The summed E-state index contributed by atoms with van der Waals surface area (Å²) >= 11 is 0. The van der Waals surface area contributed by atoms with Gasteiger partial charge in [-0.15, -0.1) is 5.10 Å². The fourth-order valence-electron chi connectivity index (χ4n) is 2.76. The molecule has 1 fully saturated rings. The topological polar surface area (TPSA) is 79.2 Å². The lowest BCUT2D eigenvalue weighted by atomic mass is 9.75. The average molecular weight is 278 g/mol. The van der Waals surface area contributed by atoms with E-state index in [4.69, 9.17) is 0 Å². The minimum absolute atomic E-state index is 0.571. The van der Waals surface area contributed by atoms with Crippen LogP contribution in [-0.2, 0) is 4.79 Å². The summed E-state index contributed by atoms with van der Waals surface area (Å²) in [4.78, 5) is 18.0. The third-order valence-corrected chi connectivity index (χ3v) is 4.27. The Morgan fingerprint density at radius 1 is 1.25 bits per heavy atom. The van der Waals surface area contributed by atoms with Gasteiger partial charge in [0.2, 0.25) is 5.95 Å². The van der Waals surface area contributed by atoms with Crippen LogP contribution < -0.4 is 4.90 Å². The minimum Gasteiger partial charge on any atom is -0.481 e. The van der Waals surface area contributed by atoms with Gasteiger partial charge >= 0.3 is 5.97 Å². The molecule has 0 radical (unpaired) electrons. The van der Waals surface area contributed by atoms with Crippen LogP contribution in [0.5, 0.6) is 0 Å². The Morgan fingerprint density at radius 3 is 2.40 bits per heavy atom. The molecule has 0 saturated carbocycles. The lowest BCUT2D eigenvalue weighted by Crippen LogP contribution is -2.45. The summed E-state index contributed by atoms with van der Waals surface area (Å²) in [5.74, 6) is -0.0540. The predicted molar refractivity (Wildman–Crippen MR) is 75.7 cm³/mol. The molecule has 0 unspecified atom stereocenters. The highest BCUT2D eigenvalue weighted by Gasteiger charge is 2.41. The molecule has 0 bridgehead atoms. The number of carboxylic acids is 1. The number of carboxylic acid groups (broad SMARTS) is 1. The second-order valence-electron chi connectivity index (χ2n) is 5.61. The number of aliphatic carboxylic acids is 1. The number of hydrogen-bond acceptors (Lipinski definition) is 5. The Kier molecular flexibility index (Phi) is 4.20. The molecule has 6 nitrogen and oxygen atoms in total. The lowest BCUT2D eigenvalue weighted by Gasteiger charge is -2.38. The average Bonchev–Trinajstić information content (AvgIpc) is 2.43. The Hall–Kier alpha value is -1.72. The quantitative estimate of drug-likeness (QED) is 0.907. The van der Waals surface area contributed by atoms with E-state index in [1.165, 1.54) is 0 Å². The molecule has 0 aliphatic carbocycles. The molecule has 20 heavy (non-hydrogen) atoms. The molecule has 2 heterocycles. The largest absolute Gasteiger partial charge is 0.481 e. The van der Waals surface area contributed by atoms with Gasteiger partial charge in [0.25, 0.3) is 0 Å². The fourth-order valence-corrected chi connectivity index (χ4v) is 2.76. The zero-order valence-corrected chi connectivity index (χ0v) is 12.4. The van der Waals surface area contributed by atoms with E-state index in [0.717, 1.165) is 24.2 Å². The van der Waals surface area contributed by atoms with E-state index >= 15 is 0 Å². The van der Waals surface area contributed by atoms with Crippen LogP contribution >= 0.6 is 0 Å². The molecule has 1 saturated heterocycles. The van der Waals surface area contributed by atoms with E-state index in [1.807, 2.05) is 25.7 Å². The summed E-state index contributed by atoms with van der Waals surface area (Å²) in [6.07, 6.45) is 2.93. The molecule has 0 atom stereocenters. The molecule has 2 rings (SSSR count). The van der Waals surface area contributed by atoms with Crippen molar-refractivity contribution in [2.24, 2.45) is 5.41 Å². The fraction of sp³-hybridized carbons (Fsp3) is 0.714. The van der Waals surface area contributed by atoms with E-state index in [2.05, 4.69) is 15.2 Å². The first-order valence-corrected chi connectivity index (χ1v) is 7.15. The van der Waals surface area contributed by atoms with Crippen molar-refractivity contribution < 1.29 is 9.90 Å². The molecule has 1 aromatic heterocycles. The van der Waals surface area contributed by atoms with E-state index < -0.39 is 11.4 Å². The standard InChI is InChI=1S/C14H22N4O2/c1-4-5-14(12(19)20)6-8-18(9-7-14)13-15-10(2)11(3)16-17-13/h4-9H2,1-3H3,(H,19,20). The monoisotopic (exact) mass is 278 g/mol. The normalized spacial score (nSPS) is 18.1. The van der Waals surface area contributed by atoms with Gasteiger partial charge in [0.05, 0.1) is 16.8 Å².